The molecular formula is C28H37FO2S. The number of hydrogen-bond acceptors (Lipinski definition) is 3. The minimum atomic E-state index is -0.918. The first-order valence-electron chi connectivity index (χ1n) is 11.3. The molecule has 0 amide bonds. The van der Waals surface area contributed by atoms with Gasteiger partial charge in [-0.05, 0) is 90.1 Å². The van der Waals surface area contributed by atoms with Gasteiger partial charge in [0.1, 0.15) is 11.6 Å². The highest BCUT2D eigenvalue weighted by molar-refractivity contribution is 7.99. The molecule has 0 fully saturated rings. The van der Waals surface area contributed by atoms with E-state index >= 15 is 0 Å². The normalized spacial score (nSPS) is 14.5. The van der Waals surface area contributed by atoms with Crippen molar-refractivity contribution in [2.75, 3.05) is 7.11 Å². The fraction of sp³-hybridized carbons (Fsp3) is 0.429. The highest BCUT2D eigenvalue weighted by atomic mass is 32.2. The van der Waals surface area contributed by atoms with Crippen LogP contribution in [-0.4, -0.2) is 17.8 Å². The number of aliphatic hydroxyl groups is 1. The molecule has 0 spiro atoms. The molecule has 2 aromatic carbocycles. The van der Waals surface area contributed by atoms with Gasteiger partial charge in [0.05, 0.1) is 12.7 Å². The Bertz CT molecular complexity index is 899. The SMILES string of the molecule is COc1ccc(F)c(C(C[C@](C)(O)CC/C=C(\C)CCC=C(C)C)Sc2ccccc2)c1. The van der Waals surface area contributed by atoms with Crippen LogP contribution in [-0.2, 0) is 0 Å². The van der Waals surface area contributed by atoms with Gasteiger partial charge in [-0.15, -0.1) is 11.8 Å². The maximum Gasteiger partial charge on any atom is 0.127 e. The van der Waals surface area contributed by atoms with Gasteiger partial charge >= 0.3 is 0 Å². The number of allylic oxidation sites excluding steroid dienone is 4. The van der Waals surface area contributed by atoms with Crippen LogP contribution in [0.15, 0.2) is 76.7 Å². The molecule has 2 nitrogen and oxygen atoms in total. The van der Waals surface area contributed by atoms with Crippen molar-refractivity contribution in [1.29, 1.82) is 0 Å². The van der Waals surface area contributed by atoms with Gasteiger partial charge < -0.3 is 9.84 Å². The molecular weight excluding hydrogens is 419 g/mol. The molecule has 0 radical (unpaired) electrons. The van der Waals surface area contributed by atoms with Crippen molar-refractivity contribution in [3.8, 4) is 5.75 Å². The molecule has 0 saturated heterocycles. The molecule has 32 heavy (non-hydrogen) atoms. The first kappa shape index (κ1) is 26.2. The Morgan fingerprint density at radius 2 is 1.81 bits per heavy atom. The number of thioether (sulfide) groups is 1. The maximum atomic E-state index is 14.8. The van der Waals surface area contributed by atoms with Gasteiger partial charge in [0.25, 0.3) is 0 Å². The molecule has 2 atom stereocenters. The standard InChI is InChI=1S/C28H37FO2S/c1-21(2)11-9-12-22(3)13-10-18-28(4,30)20-27(32-24-14-7-6-8-15-24)25-19-23(31-5)16-17-26(25)29/h6-8,11,13-17,19,27,30H,9-10,12,18,20H2,1-5H3/b22-13+/t27?,28-/m1/s1. The first-order valence-corrected chi connectivity index (χ1v) is 12.1. The van der Waals surface area contributed by atoms with Gasteiger partial charge in [-0.3, -0.25) is 0 Å². The predicted molar refractivity (Wildman–Crippen MR) is 135 cm³/mol. The second-order valence-corrected chi connectivity index (χ2v) is 10.2. The Kier molecular flexibility index (Phi) is 10.5. The van der Waals surface area contributed by atoms with Gasteiger partial charge in [-0.1, -0.05) is 41.5 Å². The summed E-state index contributed by atoms with van der Waals surface area (Å²) in [6.45, 7) is 8.24. The summed E-state index contributed by atoms with van der Waals surface area (Å²) in [6, 6.07) is 14.8. The minimum Gasteiger partial charge on any atom is -0.497 e. The van der Waals surface area contributed by atoms with Crippen LogP contribution >= 0.6 is 11.8 Å². The summed E-state index contributed by atoms with van der Waals surface area (Å²) in [6.07, 6.45) is 8.43. The molecule has 174 valence electrons. The quantitative estimate of drug-likeness (QED) is 0.257. The largest absolute Gasteiger partial charge is 0.497 e. The number of ether oxygens (including phenoxy) is 1. The summed E-state index contributed by atoms with van der Waals surface area (Å²) >= 11 is 1.58. The number of benzene rings is 2. The van der Waals surface area contributed by atoms with E-state index in [0.717, 1.165) is 24.2 Å². The Morgan fingerprint density at radius 3 is 2.47 bits per heavy atom. The zero-order valence-corrected chi connectivity index (χ0v) is 20.8. The molecule has 1 N–H and O–H groups in total. The van der Waals surface area contributed by atoms with Crippen LogP contribution in [0, 0.1) is 5.82 Å². The van der Waals surface area contributed by atoms with E-state index in [0.29, 0.717) is 24.2 Å². The third-order valence-electron chi connectivity index (χ3n) is 5.46. The second-order valence-electron chi connectivity index (χ2n) is 8.92. The molecule has 0 saturated carbocycles. The van der Waals surface area contributed by atoms with E-state index in [4.69, 9.17) is 4.74 Å². The van der Waals surface area contributed by atoms with Crippen molar-refractivity contribution in [3.63, 3.8) is 0 Å². The van der Waals surface area contributed by atoms with Gasteiger partial charge in [0.15, 0.2) is 0 Å². The molecule has 0 aromatic heterocycles. The average molecular weight is 457 g/mol. The van der Waals surface area contributed by atoms with Crippen molar-refractivity contribution >= 4 is 11.8 Å². The van der Waals surface area contributed by atoms with E-state index in [1.165, 1.54) is 17.2 Å². The van der Waals surface area contributed by atoms with E-state index in [1.54, 1.807) is 31.0 Å². The molecule has 0 heterocycles. The third-order valence-corrected chi connectivity index (χ3v) is 6.71. The van der Waals surface area contributed by atoms with Gasteiger partial charge in [0.2, 0.25) is 0 Å². The van der Waals surface area contributed by atoms with E-state index in [2.05, 4.69) is 32.9 Å². The average Bonchev–Trinajstić information content (AvgIpc) is 2.74. The van der Waals surface area contributed by atoms with Crippen LogP contribution in [0.5, 0.6) is 5.75 Å². The smallest absolute Gasteiger partial charge is 0.127 e. The Hall–Kier alpha value is -2.04. The van der Waals surface area contributed by atoms with Crippen LogP contribution in [0.4, 0.5) is 4.39 Å². The number of methoxy groups -OCH3 is 1. The van der Waals surface area contributed by atoms with E-state index in [9.17, 15) is 9.50 Å². The number of halogens is 1. The van der Waals surface area contributed by atoms with Crippen molar-refractivity contribution in [1.82, 2.24) is 0 Å². The lowest BCUT2D eigenvalue weighted by molar-refractivity contribution is 0.0422. The first-order chi connectivity index (χ1) is 15.2. The van der Waals surface area contributed by atoms with Crippen molar-refractivity contribution < 1.29 is 14.2 Å². The van der Waals surface area contributed by atoms with Crippen LogP contribution < -0.4 is 4.74 Å². The monoisotopic (exact) mass is 456 g/mol. The van der Waals surface area contributed by atoms with Gasteiger partial charge in [0, 0.05) is 15.7 Å². The molecule has 0 bridgehead atoms. The van der Waals surface area contributed by atoms with Crippen LogP contribution in [0.25, 0.3) is 0 Å². The highest BCUT2D eigenvalue weighted by Gasteiger charge is 2.28. The molecule has 0 aliphatic rings. The van der Waals surface area contributed by atoms with E-state index in [1.807, 2.05) is 37.3 Å². The van der Waals surface area contributed by atoms with Crippen LogP contribution in [0.3, 0.4) is 0 Å². The van der Waals surface area contributed by atoms with E-state index < -0.39 is 5.60 Å². The maximum absolute atomic E-state index is 14.8. The summed E-state index contributed by atoms with van der Waals surface area (Å²) in [5.74, 6) is 0.347. The molecule has 2 aromatic rings. The van der Waals surface area contributed by atoms with Gasteiger partial charge in [-0.25, -0.2) is 4.39 Å². The zero-order valence-electron chi connectivity index (χ0n) is 20.0. The third kappa shape index (κ3) is 9.22. The van der Waals surface area contributed by atoms with Crippen molar-refractivity contribution in [2.45, 2.75) is 75.5 Å². The summed E-state index contributed by atoms with van der Waals surface area (Å²) < 4.78 is 20.1. The Balaban J connectivity index is 2.13. The summed E-state index contributed by atoms with van der Waals surface area (Å²) in [7, 11) is 1.58. The molecule has 4 heteroatoms. The van der Waals surface area contributed by atoms with Crippen LogP contribution in [0.1, 0.15) is 70.6 Å². The topological polar surface area (TPSA) is 29.5 Å². The van der Waals surface area contributed by atoms with Crippen molar-refractivity contribution in [3.05, 3.63) is 83.2 Å². The molecule has 0 aliphatic carbocycles. The lowest BCUT2D eigenvalue weighted by Gasteiger charge is -2.29. The summed E-state index contributed by atoms with van der Waals surface area (Å²) in [5, 5.41) is 11.0. The van der Waals surface area contributed by atoms with Crippen LogP contribution in [0.2, 0.25) is 0 Å². The Labute approximate surface area is 197 Å². The predicted octanol–water partition coefficient (Wildman–Crippen LogP) is 8.28. The lowest BCUT2D eigenvalue weighted by Crippen LogP contribution is -2.26. The molecule has 1 unspecified atom stereocenters. The zero-order chi connectivity index (χ0) is 23.6. The number of hydrogen-bond donors (Lipinski definition) is 1. The highest BCUT2D eigenvalue weighted by Crippen LogP contribution is 2.43. The second kappa shape index (κ2) is 12.9. The fourth-order valence-electron chi connectivity index (χ4n) is 3.60. The minimum absolute atomic E-state index is 0.231. The number of rotatable bonds is 12. The summed E-state index contributed by atoms with van der Waals surface area (Å²) in [4.78, 5) is 1.05. The van der Waals surface area contributed by atoms with E-state index in [-0.39, 0.29) is 11.1 Å². The Morgan fingerprint density at radius 1 is 1.09 bits per heavy atom. The molecule has 0 aliphatic heterocycles. The van der Waals surface area contributed by atoms with Gasteiger partial charge in [-0.2, -0.15) is 0 Å². The van der Waals surface area contributed by atoms with Crippen molar-refractivity contribution in [2.24, 2.45) is 0 Å². The summed E-state index contributed by atoms with van der Waals surface area (Å²) in [5.41, 5.74) is 2.32. The fourth-order valence-corrected chi connectivity index (χ4v) is 4.99. The lowest BCUT2D eigenvalue weighted by atomic mass is 9.91. The molecule has 2 rings (SSSR count).